The first-order chi connectivity index (χ1) is 0. The summed E-state index contributed by atoms with van der Waals surface area (Å²) in [7, 11) is 0. The van der Waals surface area contributed by atoms with Crippen LogP contribution >= 0.6 is 0 Å². The summed E-state index contributed by atoms with van der Waals surface area (Å²) in [6.45, 7) is 0. The zero-order valence-electron chi connectivity index (χ0n) is 1.51. The summed E-state index contributed by atoms with van der Waals surface area (Å²) < 4.78 is 0. The van der Waals surface area contributed by atoms with E-state index in [-0.39, 0.29) is 51.4 Å². The monoisotopic (exact) mass is 172 g/mol. The molecule has 0 bridgehead atoms. The van der Waals surface area contributed by atoms with Crippen molar-refractivity contribution in [2.75, 3.05) is 0 Å². The van der Waals surface area contributed by atoms with Crippen LogP contribution in [0.25, 0.3) is 0 Å². The maximum atomic E-state index is 0. The molecule has 0 aromatic rings. The zero-order valence-corrected chi connectivity index (χ0v) is 2.99. The number of hydrogen-bond acceptors (Lipinski definition) is 1. The molecule has 0 unspecified atom stereocenters. The summed E-state index contributed by atoms with van der Waals surface area (Å²) in [5.41, 5.74) is 0. The maximum Gasteiger partial charge on any atom is 0.187 e. The van der Waals surface area contributed by atoms with Gasteiger partial charge in [-0.25, -0.2) is 0 Å². The zero-order chi connectivity index (χ0) is 0. The quantitative estimate of drug-likeness (QED) is 0.429. The first kappa shape index (κ1) is 64.2. The van der Waals surface area contributed by atoms with Gasteiger partial charge in [0.2, 0.25) is 0 Å². The van der Waals surface area contributed by atoms with Gasteiger partial charge >= 0.3 is 0 Å². The van der Waals surface area contributed by atoms with Gasteiger partial charge in [0.05, 0.1) is 0 Å². The SMILES string of the molecule is N.O.[Ag].[AlH3]. The molecular weight excluding hydrogens is 165 g/mol. The summed E-state index contributed by atoms with van der Waals surface area (Å²) in [6, 6.07) is 0. The van der Waals surface area contributed by atoms with Gasteiger partial charge in [0, 0.05) is 22.4 Å². The Bertz CT molecular complexity index is 8.00. The second-order valence-electron chi connectivity index (χ2n) is 0. The second-order valence-corrected chi connectivity index (χ2v) is 0. The van der Waals surface area contributed by atoms with Crippen LogP contribution in [0.15, 0.2) is 0 Å². The molecule has 0 saturated heterocycles. The van der Waals surface area contributed by atoms with Crippen LogP contribution in [0.4, 0.5) is 0 Å². The van der Waals surface area contributed by atoms with Gasteiger partial charge in [0.25, 0.3) is 0 Å². The Morgan fingerprint density at radius 3 is 1.00 bits per heavy atom. The average molecular weight is 173 g/mol. The van der Waals surface area contributed by atoms with Crippen LogP contribution in [0.5, 0.6) is 0 Å². The average Bonchev–Trinajstić information content (AvgIpc) is 0. The molecule has 5 N–H and O–H groups in total. The summed E-state index contributed by atoms with van der Waals surface area (Å²) in [5, 5.41) is 0. The van der Waals surface area contributed by atoms with Crippen LogP contribution in [-0.2, 0) is 22.4 Å². The van der Waals surface area contributed by atoms with Gasteiger partial charge in [0.15, 0.2) is 17.4 Å². The Kier molecular flexibility index (Phi) is 482. The predicted molar refractivity (Wildman–Crippen MR) is 18.6 cm³/mol. The van der Waals surface area contributed by atoms with Crippen molar-refractivity contribution < 1.29 is 27.9 Å². The first-order valence-corrected chi connectivity index (χ1v) is 0. The Hall–Kier alpha value is 1.19. The smallest absolute Gasteiger partial charge is 0.187 e. The minimum Gasteiger partial charge on any atom is -0.412 e. The van der Waals surface area contributed by atoms with Crippen molar-refractivity contribution in [2.24, 2.45) is 0 Å². The standard InChI is InChI=1S/Ag.Al.H3N.H2O.3H/h;;1H3;1H2;;;. The van der Waals surface area contributed by atoms with E-state index < -0.39 is 0 Å². The molecule has 0 atom stereocenters. The van der Waals surface area contributed by atoms with Crippen molar-refractivity contribution in [3.05, 3.63) is 0 Å². The van der Waals surface area contributed by atoms with Gasteiger partial charge in [-0.05, 0) is 0 Å². The van der Waals surface area contributed by atoms with E-state index in [0.29, 0.717) is 0 Å². The molecule has 4 heteroatoms. The Balaban J connectivity index is 0. The van der Waals surface area contributed by atoms with E-state index in [2.05, 4.69) is 0 Å². The molecule has 2 nitrogen and oxygen atoms in total. The summed E-state index contributed by atoms with van der Waals surface area (Å²) in [4.78, 5) is 0. The van der Waals surface area contributed by atoms with Crippen molar-refractivity contribution >= 4 is 17.4 Å². The normalized spacial score (nSPS) is 0. The third-order valence-electron chi connectivity index (χ3n) is 0. The van der Waals surface area contributed by atoms with Crippen LogP contribution in [0, 0.1) is 0 Å². The van der Waals surface area contributed by atoms with Crippen molar-refractivity contribution in [2.45, 2.75) is 0 Å². The van der Waals surface area contributed by atoms with Gasteiger partial charge in [-0.3, -0.25) is 0 Å². The Labute approximate surface area is 51.5 Å². The fraction of sp³-hybridized carbons (Fsp3) is 0. The fourth-order valence-electron chi connectivity index (χ4n) is 0. The summed E-state index contributed by atoms with van der Waals surface area (Å²) >= 11 is 0. The molecule has 0 rings (SSSR count). The first-order valence-electron chi connectivity index (χ1n) is 0. The molecule has 4 heavy (non-hydrogen) atoms. The Morgan fingerprint density at radius 1 is 1.00 bits per heavy atom. The molecular formula is H8AgAlNO. The topological polar surface area (TPSA) is 66.5 Å². The minimum absolute atomic E-state index is 0. The largest absolute Gasteiger partial charge is 0.412 e. The third-order valence-corrected chi connectivity index (χ3v) is 0. The molecule has 0 aromatic heterocycles. The van der Waals surface area contributed by atoms with Crippen LogP contribution < -0.4 is 6.15 Å². The van der Waals surface area contributed by atoms with Crippen molar-refractivity contribution in [3.8, 4) is 0 Å². The van der Waals surface area contributed by atoms with E-state index in [1.54, 1.807) is 0 Å². The van der Waals surface area contributed by atoms with E-state index in [1.807, 2.05) is 0 Å². The van der Waals surface area contributed by atoms with Crippen LogP contribution in [0.2, 0.25) is 0 Å². The molecule has 0 aliphatic carbocycles. The molecule has 0 saturated carbocycles. The maximum absolute atomic E-state index is 0. The summed E-state index contributed by atoms with van der Waals surface area (Å²) in [6.07, 6.45) is 0. The molecule has 0 heterocycles. The van der Waals surface area contributed by atoms with Gasteiger partial charge in [0.1, 0.15) is 0 Å². The predicted octanol–water partition coefficient (Wildman–Crippen LogP) is -1.85. The molecule has 0 amide bonds. The molecule has 0 aliphatic heterocycles. The van der Waals surface area contributed by atoms with Crippen LogP contribution in [0.3, 0.4) is 0 Å². The van der Waals surface area contributed by atoms with Crippen LogP contribution in [-0.4, -0.2) is 22.8 Å². The van der Waals surface area contributed by atoms with Gasteiger partial charge in [-0.15, -0.1) is 0 Å². The van der Waals surface area contributed by atoms with E-state index in [9.17, 15) is 0 Å². The Morgan fingerprint density at radius 2 is 1.00 bits per heavy atom. The molecule has 0 aromatic carbocycles. The van der Waals surface area contributed by atoms with E-state index >= 15 is 0 Å². The molecule has 0 spiro atoms. The van der Waals surface area contributed by atoms with E-state index in [0.717, 1.165) is 0 Å². The van der Waals surface area contributed by atoms with Crippen molar-refractivity contribution in [1.82, 2.24) is 6.15 Å². The van der Waals surface area contributed by atoms with Gasteiger partial charge < -0.3 is 11.6 Å². The molecule has 0 fully saturated rings. The molecule has 1 radical (unpaired) electrons. The van der Waals surface area contributed by atoms with Gasteiger partial charge in [-0.2, -0.15) is 0 Å². The summed E-state index contributed by atoms with van der Waals surface area (Å²) in [5.74, 6) is 0. The second kappa shape index (κ2) is 30.0. The van der Waals surface area contributed by atoms with E-state index in [1.165, 1.54) is 0 Å². The number of hydrogen-bond donors (Lipinski definition) is 1. The fourth-order valence-corrected chi connectivity index (χ4v) is 0. The van der Waals surface area contributed by atoms with E-state index in [4.69, 9.17) is 0 Å². The molecule has 33 valence electrons. The minimum atomic E-state index is 0. The molecule has 0 aliphatic rings. The van der Waals surface area contributed by atoms with Gasteiger partial charge in [-0.1, -0.05) is 0 Å². The van der Waals surface area contributed by atoms with Crippen LogP contribution in [0.1, 0.15) is 0 Å². The third kappa shape index (κ3) is 10.8. The van der Waals surface area contributed by atoms with Crippen molar-refractivity contribution in [1.29, 1.82) is 0 Å². The van der Waals surface area contributed by atoms with Crippen molar-refractivity contribution in [3.63, 3.8) is 0 Å². The number of rotatable bonds is 0.